The number of aliphatic hydroxyl groups is 1. The van der Waals surface area contributed by atoms with Gasteiger partial charge in [-0.1, -0.05) is 12.1 Å². The van der Waals surface area contributed by atoms with Crippen molar-refractivity contribution in [1.29, 1.82) is 0 Å². The molecule has 0 saturated heterocycles. The molecule has 2 rings (SSSR count). The largest absolute Gasteiger partial charge is 0.381 e. The van der Waals surface area contributed by atoms with Crippen molar-refractivity contribution in [2.24, 2.45) is 5.73 Å². The Hall–Kier alpha value is -1.66. The molecule has 6 heteroatoms. The Kier molecular flexibility index (Phi) is 3.02. The number of carbonyl (C=O) groups is 1. The molecule has 4 N–H and O–H groups in total. The highest BCUT2D eigenvalue weighted by atomic mass is 32.1. The number of amides is 1. The average Bonchev–Trinajstić information content (AvgIpc) is 2.69. The first kappa shape index (κ1) is 10.8. The van der Waals surface area contributed by atoms with Crippen LogP contribution in [0.25, 0.3) is 10.9 Å². The highest BCUT2D eigenvalue weighted by molar-refractivity contribution is 7.11. The van der Waals surface area contributed by atoms with Crippen LogP contribution in [0.2, 0.25) is 0 Å². The van der Waals surface area contributed by atoms with E-state index in [1.54, 1.807) is 0 Å². The lowest BCUT2D eigenvalue weighted by atomic mass is 10.2. The number of nitrogens with zero attached hydrogens (tertiary/aromatic N) is 1. The third-order valence-electron chi connectivity index (χ3n) is 2.17. The third kappa shape index (κ3) is 2.12. The van der Waals surface area contributed by atoms with Crippen molar-refractivity contribution >= 4 is 33.3 Å². The van der Waals surface area contributed by atoms with Crippen molar-refractivity contribution < 1.29 is 9.90 Å². The molecule has 0 radical (unpaired) electrons. The molecule has 1 aromatic carbocycles. The third-order valence-corrected chi connectivity index (χ3v) is 3.00. The van der Waals surface area contributed by atoms with E-state index < -0.39 is 12.0 Å². The quantitative estimate of drug-likeness (QED) is 0.724. The average molecular weight is 237 g/mol. The molecule has 0 aliphatic rings. The predicted molar refractivity (Wildman–Crippen MR) is 63.3 cm³/mol. The van der Waals surface area contributed by atoms with E-state index in [0.29, 0.717) is 0 Å². The maximum Gasteiger partial charge on any atom is 0.248 e. The normalized spacial score (nSPS) is 12.6. The number of nitrogens with two attached hydrogens (primary N) is 1. The Morgan fingerprint density at radius 3 is 3.06 bits per heavy atom. The molecular weight excluding hydrogens is 226 g/mol. The van der Waals surface area contributed by atoms with E-state index in [0.717, 1.165) is 15.9 Å². The summed E-state index contributed by atoms with van der Waals surface area (Å²) in [5.41, 5.74) is 5.84. The summed E-state index contributed by atoms with van der Waals surface area (Å²) in [6.07, 6.45) is -1.18. The number of hydrogen-bond acceptors (Lipinski definition) is 5. The van der Waals surface area contributed by atoms with Crippen molar-refractivity contribution in [3.63, 3.8) is 0 Å². The summed E-state index contributed by atoms with van der Waals surface area (Å²) in [5, 5.41) is 14.0. The number of carbonyl (C=O) groups excluding carboxylic acids is 1. The summed E-state index contributed by atoms with van der Waals surface area (Å²) in [6, 6.07) is 7.65. The van der Waals surface area contributed by atoms with Gasteiger partial charge in [0.25, 0.3) is 0 Å². The second kappa shape index (κ2) is 4.46. The van der Waals surface area contributed by atoms with Crippen LogP contribution in [0.3, 0.4) is 0 Å². The van der Waals surface area contributed by atoms with Gasteiger partial charge in [0, 0.05) is 5.39 Å². The van der Waals surface area contributed by atoms with Crippen LogP contribution in [0.4, 0.5) is 5.00 Å². The zero-order valence-electron chi connectivity index (χ0n) is 8.38. The summed E-state index contributed by atoms with van der Waals surface area (Å²) in [5.74, 6) is -0.735. The molecule has 1 atom stereocenters. The summed E-state index contributed by atoms with van der Waals surface area (Å²) in [7, 11) is 0. The number of hydrogen-bond donors (Lipinski definition) is 3. The molecule has 0 spiro atoms. The van der Waals surface area contributed by atoms with E-state index in [4.69, 9.17) is 5.73 Å². The SMILES string of the molecule is NC(=O)C(O)CNc1snc2ccccc12. The van der Waals surface area contributed by atoms with Gasteiger partial charge in [-0.25, -0.2) is 0 Å². The second-order valence-corrected chi connectivity index (χ2v) is 4.10. The number of benzene rings is 1. The topological polar surface area (TPSA) is 88.2 Å². The van der Waals surface area contributed by atoms with Gasteiger partial charge in [0.1, 0.15) is 11.1 Å². The van der Waals surface area contributed by atoms with Gasteiger partial charge in [-0.15, -0.1) is 0 Å². The molecule has 5 nitrogen and oxygen atoms in total. The summed E-state index contributed by atoms with van der Waals surface area (Å²) >= 11 is 1.29. The number of aliphatic hydroxyl groups excluding tert-OH is 1. The molecule has 1 heterocycles. The summed E-state index contributed by atoms with van der Waals surface area (Å²) < 4.78 is 4.22. The Balaban J connectivity index is 2.13. The second-order valence-electron chi connectivity index (χ2n) is 3.33. The monoisotopic (exact) mass is 237 g/mol. The Bertz CT molecular complexity index is 511. The van der Waals surface area contributed by atoms with Crippen LogP contribution in [0, 0.1) is 0 Å². The molecule has 1 unspecified atom stereocenters. The number of aromatic nitrogens is 1. The summed E-state index contributed by atoms with van der Waals surface area (Å²) in [6.45, 7) is 0.0987. The van der Waals surface area contributed by atoms with Crippen LogP contribution in [0.15, 0.2) is 24.3 Å². The van der Waals surface area contributed by atoms with Crippen LogP contribution < -0.4 is 11.1 Å². The van der Waals surface area contributed by atoms with Gasteiger partial charge in [0.15, 0.2) is 0 Å². The van der Waals surface area contributed by atoms with Gasteiger partial charge in [-0.3, -0.25) is 4.79 Å². The standard InChI is InChI=1S/C10H11N3O2S/c11-9(15)8(14)5-12-10-6-3-1-2-4-7(6)13-16-10/h1-4,8,12,14H,5H2,(H2,11,15). The molecule has 0 fully saturated rings. The highest BCUT2D eigenvalue weighted by Gasteiger charge is 2.12. The Labute approximate surface area is 96.1 Å². The number of nitrogens with one attached hydrogen (secondary N) is 1. The maximum atomic E-state index is 10.6. The first-order chi connectivity index (χ1) is 7.68. The lowest BCUT2D eigenvalue weighted by molar-refractivity contribution is -0.125. The van der Waals surface area contributed by atoms with Gasteiger partial charge in [-0.2, -0.15) is 4.37 Å². The molecule has 1 aromatic heterocycles. The fourth-order valence-corrected chi connectivity index (χ4v) is 2.07. The van der Waals surface area contributed by atoms with E-state index in [1.807, 2.05) is 24.3 Å². The minimum atomic E-state index is -1.18. The predicted octanol–water partition coefficient (Wildman–Crippen LogP) is 0.554. The molecule has 0 saturated carbocycles. The molecule has 2 aromatic rings. The smallest absolute Gasteiger partial charge is 0.248 e. The minimum Gasteiger partial charge on any atom is -0.381 e. The lowest BCUT2D eigenvalue weighted by Crippen LogP contribution is -2.34. The first-order valence-electron chi connectivity index (χ1n) is 4.74. The number of rotatable bonds is 4. The Morgan fingerprint density at radius 2 is 2.31 bits per heavy atom. The highest BCUT2D eigenvalue weighted by Crippen LogP contribution is 2.26. The van der Waals surface area contributed by atoms with Crippen molar-refractivity contribution in [2.45, 2.75) is 6.10 Å². The van der Waals surface area contributed by atoms with Crippen LogP contribution in [0.1, 0.15) is 0 Å². The van der Waals surface area contributed by atoms with Crippen molar-refractivity contribution in [3.8, 4) is 0 Å². The fraction of sp³-hybridized carbons (Fsp3) is 0.200. The molecule has 1 amide bonds. The van der Waals surface area contributed by atoms with E-state index in [9.17, 15) is 9.90 Å². The fourth-order valence-electron chi connectivity index (χ4n) is 1.31. The summed E-state index contributed by atoms with van der Waals surface area (Å²) in [4.78, 5) is 10.6. The van der Waals surface area contributed by atoms with E-state index >= 15 is 0 Å². The first-order valence-corrected chi connectivity index (χ1v) is 5.51. The Morgan fingerprint density at radius 1 is 1.56 bits per heavy atom. The van der Waals surface area contributed by atoms with Gasteiger partial charge in [0.2, 0.25) is 5.91 Å². The van der Waals surface area contributed by atoms with Gasteiger partial charge in [-0.05, 0) is 23.7 Å². The molecule has 0 aliphatic heterocycles. The number of anilines is 1. The van der Waals surface area contributed by atoms with Crippen molar-refractivity contribution in [2.75, 3.05) is 11.9 Å². The zero-order valence-corrected chi connectivity index (χ0v) is 9.20. The van der Waals surface area contributed by atoms with Crippen molar-refractivity contribution in [3.05, 3.63) is 24.3 Å². The van der Waals surface area contributed by atoms with E-state index in [-0.39, 0.29) is 6.54 Å². The van der Waals surface area contributed by atoms with E-state index in [2.05, 4.69) is 9.69 Å². The van der Waals surface area contributed by atoms with Crippen molar-refractivity contribution in [1.82, 2.24) is 4.37 Å². The van der Waals surface area contributed by atoms with Crippen LogP contribution in [-0.2, 0) is 4.79 Å². The van der Waals surface area contributed by atoms with Crippen LogP contribution in [0.5, 0.6) is 0 Å². The molecular formula is C10H11N3O2S. The lowest BCUT2D eigenvalue weighted by Gasteiger charge is -2.07. The van der Waals surface area contributed by atoms with Gasteiger partial charge < -0.3 is 16.2 Å². The van der Waals surface area contributed by atoms with Gasteiger partial charge >= 0.3 is 0 Å². The van der Waals surface area contributed by atoms with Gasteiger partial charge in [0.05, 0.1) is 12.1 Å². The number of primary amides is 1. The maximum absolute atomic E-state index is 10.6. The molecule has 84 valence electrons. The van der Waals surface area contributed by atoms with Crippen LogP contribution in [-0.4, -0.2) is 28.0 Å². The molecule has 0 bridgehead atoms. The molecule has 0 aliphatic carbocycles. The van der Waals surface area contributed by atoms with E-state index in [1.165, 1.54) is 11.5 Å². The zero-order chi connectivity index (χ0) is 11.5. The molecule has 16 heavy (non-hydrogen) atoms. The van der Waals surface area contributed by atoms with Crippen LogP contribution >= 0.6 is 11.5 Å². The minimum absolute atomic E-state index is 0.0987. The number of fused-ring (bicyclic) bond motifs is 1.